The first-order valence-corrected chi connectivity index (χ1v) is 11.2. The van der Waals surface area contributed by atoms with Crippen molar-refractivity contribution >= 4 is 34.8 Å². The molecule has 0 aliphatic carbocycles. The standard InChI is InChI=1S/C25H22N4O3S/c1-17-7-3-4-8-18(17)15-26-28-23(30)16-33-25-27-22-10-6-5-9-21(22)24(31)29(25)19-11-13-20(32-2)14-12-19/h3-15H,16H2,1-2H3,(H,28,30)/b26-15-. The van der Waals surface area contributed by atoms with Gasteiger partial charge in [-0.05, 0) is 54.4 Å². The van der Waals surface area contributed by atoms with E-state index < -0.39 is 0 Å². The summed E-state index contributed by atoms with van der Waals surface area (Å²) in [6.07, 6.45) is 1.61. The average molecular weight is 459 g/mol. The summed E-state index contributed by atoms with van der Waals surface area (Å²) in [6.45, 7) is 1.98. The number of hydrogen-bond donors (Lipinski definition) is 1. The van der Waals surface area contributed by atoms with Crippen LogP contribution in [0.2, 0.25) is 0 Å². The van der Waals surface area contributed by atoms with Gasteiger partial charge >= 0.3 is 0 Å². The quantitative estimate of drug-likeness (QED) is 0.196. The van der Waals surface area contributed by atoms with Gasteiger partial charge in [0.1, 0.15) is 5.75 Å². The van der Waals surface area contributed by atoms with Crippen LogP contribution >= 0.6 is 11.8 Å². The fraction of sp³-hybridized carbons (Fsp3) is 0.120. The van der Waals surface area contributed by atoms with Crippen molar-refractivity contribution in [2.24, 2.45) is 5.10 Å². The molecule has 1 N–H and O–H groups in total. The summed E-state index contributed by atoms with van der Waals surface area (Å²) in [5.41, 5.74) is 5.53. The van der Waals surface area contributed by atoms with E-state index in [2.05, 4.69) is 15.5 Å². The lowest BCUT2D eigenvalue weighted by Crippen LogP contribution is -2.24. The van der Waals surface area contributed by atoms with Crippen molar-refractivity contribution in [3.8, 4) is 11.4 Å². The number of fused-ring (bicyclic) bond motifs is 1. The molecule has 1 amide bonds. The fourth-order valence-electron chi connectivity index (χ4n) is 3.24. The highest BCUT2D eigenvalue weighted by molar-refractivity contribution is 7.99. The zero-order chi connectivity index (χ0) is 23.2. The molecule has 0 unspecified atom stereocenters. The molecule has 33 heavy (non-hydrogen) atoms. The molecule has 0 bridgehead atoms. The lowest BCUT2D eigenvalue weighted by Gasteiger charge is -2.13. The minimum absolute atomic E-state index is 0.0477. The molecule has 166 valence electrons. The number of aromatic nitrogens is 2. The number of ether oxygens (including phenoxy) is 1. The number of para-hydroxylation sites is 1. The van der Waals surface area contributed by atoms with E-state index in [9.17, 15) is 9.59 Å². The lowest BCUT2D eigenvalue weighted by atomic mass is 10.1. The Bertz CT molecular complexity index is 1380. The Morgan fingerprint density at radius 3 is 2.58 bits per heavy atom. The molecular formula is C25H22N4O3S. The number of benzene rings is 3. The predicted octanol–water partition coefficient (Wildman–Crippen LogP) is 3.95. The van der Waals surface area contributed by atoms with Gasteiger partial charge < -0.3 is 4.74 Å². The van der Waals surface area contributed by atoms with Gasteiger partial charge in [0.05, 0.1) is 35.7 Å². The van der Waals surface area contributed by atoms with Crippen LogP contribution in [-0.4, -0.2) is 34.5 Å². The Balaban J connectivity index is 1.58. The fourth-order valence-corrected chi connectivity index (χ4v) is 4.04. The number of hydrazone groups is 1. The van der Waals surface area contributed by atoms with Crippen LogP contribution in [0.4, 0.5) is 0 Å². The highest BCUT2D eigenvalue weighted by atomic mass is 32.2. The summed E-state index contributed by atoms with van der Waals surface area (Å²) < 4.78 is 6.73. The molecule has 3 aromatic carbocycles. The predicted molar refractivity (Wildman–Crippen MR) is 132 cm³/mol. The maximum atomic E-state index is 13.3. The molecule has 0 radical (unpaired) electrons. The lowest BCUT2D eigenvalue weighted by molar-refractivity contribution is -0.118. The van der Waals surface area contributed by atoms with Crippen molar-refractivity contribution in [2.45, 2.75) is 12.1 Å². The molecular weight excluding hydrogens is 436 g/mol. The normalized spacial score (nSPS) is 11.1. The van der Waals surface area contributed by atoms with Crippen LogP contribution in [0.25, 0.3) is 16.6 Å². The third-order valence-electron chi connectivity index (χ3n) is 4.99. The molecule has 0 atom stereocenters. The summed E-state index contributed by atoms with van der Waals surface area (Å²) >= 11 is 1.17. The number of hydrogen-bond acceptors (Lipinski definition) is 6. The van der Waals surface area contributed by atoms with Crippen molar-refractivity contribution in [3.63, 3.8) is 0 Å². The van der Waals surface area contributed by atoms with Crippen LogP contribution in [0.15, 0.2) is 87.8 Å². The van der Waals surface area contributed by atoms with Gasteiger partial charge in [0.2, 0.25) is 0 Å². The third-order valence-corrected chi connectivity index (χ3v) is 5.93. The van der Waals surface area contributed by atoms with E-state index in [4.69, 9.17) is 4.74 Å². The molecule has 8 heteroatoms. The molecule has 4 aromatic rings. The van der Waals surface area contributed by atoms with E-state index in [0.717, 1.165) is 11.1 Å². The maximum absolute atomic E-state index is 13.3. The van der Waals surface area contributed by atoms with Crippen molar-refractivity contribution in [2.75, 3.05) is 12.9 Å². The second kappa shape index (κ2) is 10.1. The molecule has 0 saturated heterocycles. The smallest absolute Gasteiger partial charge is 0.266 e. The van der Waals surface area contributed by atoms with Gasteiger partial charge in [-0.1, -0.05) is 48.2 Å². The second-order valence-electron chi connectivity index (χ2n) is 7.19. The summed E-state index contributed by atoms with van der Waals surface area (Å²) in [4.78, 5) is 30.3. The number of methoxy groups -OCH3 is 1. The van der Waals surface area contributed by atoms with E-state index >= 15 is 0 Å². The first kappa shape index (κ1) is 22.3. The van der Waals surface area contributed by atoms with Gasteiger partial charge in [0.15, 0.2) is 5.16 Å². The highest BCUT2D eigenvalue weighted by Crippen LogP contribution is 2.22. The Hall–Kier alpha value is -3.91. The van der Waals surface area contributed by atoms with Crippen molar-refractivity contribution in [3.05, 3.63) is 94.3 Å². The van der Waals surface area contributed by atoms with Gasteiger partial charge in [0.25, 0.3) is 11.5 Å². The molecule has 0 fully saturated rings. The monoisotopic (exact) mass is 458 g/mol. The maximum Gasteiger partial charge on any atom is 0.266 e. The highest BCUT2D eigenvalue weighted by Gasteiger charge is 2.15. The number of aryl methyl sites for hydroxylation is 1. The molecule has 7 nitrogen and oxygen atoms in total. The van der Waals surface area contributed by atoms with Crippen LogP contribution in [-0.2, 0) is 4.79 Å². The molecule has 1 aromatic heterocycles. The van der Waals surface area contributed by atoms with Gasteiger partial charge in [-0.15, -0.1) is 0 Å². The Morgan fingerprint density at radius 1 is 1.09 bits per heavy atom. The summed E-state index contributed by atoms with van der Waals surface area (Å²) in [5.74, 6) is 0.431. The molecule has 0 aliphatic rings. The Morgan fingerprint density at radius 2 is 1.82 bits per heavy atom. The Kier molecular flexibility index (Phi) is 6.85. The molecule has 0 aliphatic heterocycles. The topological polar surface area (TPSA) is 85.6 Å². The Labute approximate surface area is 195 Å². The van der Waals surface area contributed by atoms with E-state index in [-0.39, 0.29) is 17.2 Å². The van der Waals surface area contributed by atoms with Gasteiger partial charge in [-0.2, -0.15) is 5.10 Å². The molecule has 4 rings (SSSR count). The molecule has 0 saturated carbocycles. The number of carbonyl (C=O) groups is 1. The third kappa shape index (κ3) is 5.12. The van der Waals surface area contributed by atoms with Crippen molar-refractivity contribution in [1.82, 2.24) is 15.0 Å². The number of rotatable bonds is 7. The minimum atomic E-state index is -0.298. The van der Waals surface area contributed by atoms with Crippen LogP contribution < -0.4 is 15.7 Å². The number of nitrogens with zero attached hydrogens (tertiary/aromatic N) is 3. The van der Waals surface area contributed by atoms with Crippen LogP contribution in [0.1, 0.15) is 11.1 Å². The number of amides is 1. The number of thioether (sulfide) groups is 1. The van der Waals surface area contributed by atoms with Crippen LogP contribution in [0.5, 0.6) is 5.75 Å². The summed E-state index contributed by atoms with van der Waals surface area (Å²) in [5, 5.41) is 4.96. The number of nitrogens with one attached hydrogen (secondary N) is 1. The summed E-state index contributed by atoms with van der Waals surface area (Å²) in [6, 6.07) is 22.0. The summed E-state index contributed by atoms with van der Waals surface area (Å²) in [7, 11) is 1.58. The number of carbonyl (C=O) groups excluding carboxylic acids is 1. The zero-order valence-electron chi connectivity index (χ0n) is 18.2. The molecule has 1 heterocycles. The van der Waals surface area contributed by atoms with Gasteiger partial charge in [0, 0.05) is 0 Å². The van der Waals surface area contributed by atoms with E-state index in [1.54, 1.807) is 55.8 Å². The molecule has 0 spiro atoms. The van der Waals surface area contributed by atoms with E-state index in [1.165, 1.54) is 16.3 Å². The van der Waals surface area contributed by atoms with Crippen molar-refractivity contribution in [1.29, 1.82) is 0 Å². The van der Waals surface area contributed by atoms with Crippen LogP contribution in [0, 0.1) is 6.92 Å². The van der Waals surface area contributed by atoms with Gasteiger partial charge in [-0.3, -0.25) is 14.2 Å². The SMILES string of the molecule is COc1ccc(-n2c(SCC(=O)N/N=C\c3ccccc3C)nc3ccccc3c2=O)cc1. The zero-order valence-corrected chi connectivity index (χ0v) is 19.0. The second-order valence-corrected chi connectivity index (χ2v) is 8.13. The first-order chi connectivity index (χ1) is 16.1. The average Bonchev–Trinajstić information content (AvgIpc) is 2.84. The first-order valence-electron chi connectivity index (χ1n) is 10.2. The van der Waals surface area contributed by atoms with E-state index in [0.29, 0.717) is 27.5 Å². The van der Waals surface area contributed by atoms with Gasteiger partial charge in [-0.25, -0.2) is 10.4 Å². The van der Waals surface area contributed by atoms with E-state index in [1.807, 2.05) is 37.3 Å². The minimum Gasteiger partial charge on any atom is -0.497 e. The largest absolute Gasteiger partial charge is 0.497 e. The van der Waals surface area contributed by atoms with Crippen LogP contribution in [0.3, 0.4) is 0 Å². The van der Waals surface area contributed by atoms with Crippen molar-refractivity contribution < 1.29 is 9.53 Å².